The van der Waals surface area contributed by atoms with Crippen LogP contribution < -0.4 is 9.47 Å². The van der Waals surface area contributed by atoms with Gasteiger partial charge >= 0.3 is 0 Å². The molecule has 0 heterocycles. The van der Waals surface area contributed by atoms with Gasteiger partial charge in [0.05, 0.1) is 31.1 Å². The van der Waals surface area contributed by atoms with Crippen molar-refractivity contribution < 1.29 is 20.7 Å². The van der Waals surface area contributed by atoms with Gasteiger partial charge in [-0.1, -0.05) is 34.1 Å². The second-order valence-corrected chi connectivity index (χ2v) is 11.9. The van der Waals surface area contributed by atoms with E-state index in [0.29, 0.717) is 13.2 Å². The zero-order valence-corrected chi connectivity index (χ0v) is 29.1. The molecule has 0 aromatic heterocycles. The lowest BCUT2D eigenvalue weighted by Gasteiger charge is -2.11. The fourth-order valence-corrected chi connectivity index (χ4v) is 6.05. The Morgan fingerprint density at radius 3 is 1.76 bits per heavy atom. The zero-order chi connectivity index (χ0) is 27.6. The summed E-state index contributed by atoms with van der Waals surface area (Å²) in [7, 11) is 0. The Hall–Kier alpha value is -0.580. The lowest BCUT2D eigenvalue weighted by Crippen LogP contribution is -2.05. The van der Waals surface area contributed by atoms with E-state index in [1.807, 2.05) is 75.4 Å². The molecule has 0 aliphatic heterocycles. The highest BCUT2D eigenvalue weighted by atomic mass is 79.9. The lowest BCUT2D eigenvalue weighted by molar-refractivity contribution is 0.149. The van der Waals surface area contributed by atoms with E-state index in [-0.39, 0.29) is 7.18 Å². The summed E-state index contributed by atoms with van der Waals surface area (Å²) in [5.41, 5.74) is 2.29. The first-order valence-corrected chi connectivity index (χ1v) is 16.0. The molecule has 0 spiro atoms. The van der Waals surface area contributed by atoms with E-state index in [0.717, 1.165) is 66.3 Å². The molecule has 1 N–H and O–H groups in total. The molecule has 4 nitrogen and oxygen atoms in total. The Balaban J connectivity index is 0.000000635. The molecule has 206 valence electrons. The van der Waals surface area contributed by atoms with Gasteiger partial charge in [0.25, 0.3) is 0 Å². The monoisotopic (exact) mass is 831 g/mol. The predicted molar refractivity (Wildman–Crippen MR) is 174 cm³/mol. The number of ether oxygens (including phenoxy) is 3. The van der Waals surface area contributed by atoms with Gasteiger partial charge in [-0.3, -0.25) is 0 Å². The topological polar surface area (TPSA) is 47.9 Å². The molecule has 0 saturated heterocycles. The van der Waals surface area contributed by atoms with Crippen LogP contribution >= 0.6 is 79.6 Å². The van der Waals surface area contributed by atoms with Crippen molar-refractivity contribution in [3.8, 4) is 17.2 Å². The third-order valence-electron chi connectivity index (χ3n) is 4.48. The van der Waals surface area contributed by atoms with Crippen molar-refractivity contribution in [1.82, 2.24) is 0 Å². The number of phenolic OH excluding ortho intramolecular Hbond substituents is 1. The molecule has 3 aromatic carbocycles. The van der Waals surface area contributed by atoms with Gasteiger partial charge in [-0.2, -0.15) is 0 Å². The molecule has 0 unspecified atom stereocenters. The minimum Gasteiger partial charge on any atom is -0.506 e. The first-order chi connectivity index (χ1) is 17.7. The molecule has 3 rings (SSSR count). The van der Waals surface area contributed by atoms with Gasteiger partial charge in [0.1, 0.15) is 17.2 Å². The number of hydrogen-bond acceptors (Lipinski definition) is 4. The first kappa shape index (κ1) is 34.4. The Kier molecular flexibility index (Phi) is 18.9. The minimum absolute atomic E-state index is 0. The van der Waals surface area contributed by atoms with Crippen LogP contribution in [-0.2, 0) is 4.74 Å². The van der Waals surface area contributed by atoms with E-state index >= 15 is 0 Å². The number of aryl methyl sites for hydroxylation is 2. The molecule has 0 radical (unpaired) electrons. The maximum atomic E-state index is 9.24. The summed E-state index contributed by atoms with van der Waals surface area (Å²) < 4.78 is 19.8. The summed E-state index contributed by atoms with van der Waals surface area (Å²) >= 11 is 16.8. The number of hydrogen-bond donors (Lipinski definition) is 1. The van der Waals surface area contributed by atoms with Crippen LogP contribution in [0, 0.1) is 13.8 Å². The van der Waals surface area contributed by atoms with Crippen LogP contribution in [0.15, 0.2) is 72.5 Å². The van der Waals surface area contributed by atoms with Gasteiger partial charge in [-0.05, 0) is 138 Å². The van der Waals surface area contributed by atoms with Crippen LogP contribution in [0.5, 0.6) is 17.2 Å². The van der Waals surface area contributed by atoms with Gasteiger partial charge in [-0.25, -0.2) is 0 Å². The van der Waals surface area contributed by atoms with Crippen molar-refractivity contribution in [3.63, 3.8) is 0 Å². The van der Waals surface area contributed by atoms with Crippen molar-refractivity contribution in [2.45, 2.75) is 33.6 Å². The number of phenols is 1. The SMILES string of the molecule is CCOCCCBr.Cc1cc(Br)c(O)c(Br)c1.Cc1cc(Br)c(OCCCOc2ccccc2)c(Br)c1.[2HH]. The highest BCUT2D eigenvalue weighted by Gasteiger charge is 2.07. The lowest BCUT2D eigenvalue weighted by atomic mass is 10.2. The molecule has 0 fully saturated rings. The maximum absolute atomic E-state index is 9.24. The number of para-hydroxylation sites is 1. The van der Waals surface area contributed by atoms with Crippen molar-refractivity contribution in [3.05, 3.63) is 83.6 Å². The quantitative estimate of drug-likeness (QED) is 0.163. The highest BCUT2D eigenvalue weighted by Crippen LogP contribution is 2.35. The highest BCUT2D eigenvalue weighted by molar-refractivity contribution is 9.11. The fourth-order valence-electron chi connectivity index (χ4n) is 2.76. The molecule has 0 amide bonds. The van der Waals surface area contributed by atoms with Crippen LogP contribution in [0.3, 0.4) is 0 Å². The van der Waals surface area contributed by atoms with Gasteiger partial charge in [0.15, 0.2) is 0 Å². The Morgan fingerprint density at radius 1 is 0.730 bits per heavy atom. The van der Waals surface area contributed by atoms with Crippen molar-refractivity contribution in [2.75, 3.05) is 31.8 Å². The summed E-state index contributed by atoms with van der Waals surface area (Å²) in [5.74, 6) is 1.99. The van der Waals surface area contributed by atoms with Crippen LogP contribution in [-0.4, -0.2) is 36.9 Å². The van der Waals surface area contributed by atoms with Crippen LogP contribution in [0.2, 0.25) is 0 Å². The first-order valence-electron chi connectivity index (χ1n) is 11.7. The summed E-state index contributed by atoms with van der Waals surface area (Å²) in [6, 6.07) is 17.6. The van der Waals surface area contributed by atoms with Crippen molar-refractivity contribution in [2.24, 2.45) is 0 Å². The molecule has 0 aliphatic rings. The van der Waals surface area contributed by atoms with Gasteiger partial charge < -0.3 is 19.3 Å². The summed E-state index contributed by atoms with van der Waals surface area (Å²) in [4.78, 5) is 0. The van der Waals surface area contributed by atoms with Gasteiger partial charge in [0, 0.05) is 26.4 Å². The van der Waals surface area contributed by atoms with E-state index in [4.69, 9.17) is 14.2 Å². The molecular formula is C28H35Br5O4. The second-order valence-electron chi connectivity index (χ2n) is 7.74. The van der Waals surface area contributed by atoms with E-state index in [9.17, 15) is 5.11 Å². The molecule has 37 heavy (non-hydrogen) atoms. The number of benzene rings is 3. The predicted octanol–water partition coefficient (Wildman–Crippen LogP) is 10.6. The Labute approximate surface area is 264 Å². The smallest absolute Gasteiger partial charge is 0.147 e. The molecule has 0 bridgehead atoms. The van der Waals surface area contributed by atoms with Gasteiger partial charge in [0.2, 0.25) is 0 Å². The zero-order valence-electron chi connectivity index (χ0n) is 21.2. The van der Waals surface area contributed by atoms with Crippen molar-refractivity contribution in [1.29, 1.82) is 0 Å². The molecule has 0 saturated carbocycles. The molecule has 0 aliphatic carbocycles. The van der Waals surface area contributed by atoms with E-state index < -0.39 is 0 Å². The average Bonchev–Trinajstić information content (AvgIpc) is 2.85. The third-order valence-corrected chi connectivity index (χ3v) is 7.43. The number of aromatic hydroxyl groups is 1. The largest absolute Gasteiger partial charge is 0.506 e. The minimum atomic E-state index is 0. The standard InChI is InChI=1S/C16H16Br2O2.C7H6Br2O.C5H11BrO.H2/c1-12-10-14(17)16(15(18)11-12)20-9-5-8-19-13-6-3-2-4-7-13;1-4-2-5(8)7(10)6(9)3-4;1-2-7-5-3-4-6;/h2-4,6-7,10-11H,5,8-9H2,1H3;2-3,10H,1H3;2-5H2,1H3;1H/i;;;1+1. The van der Waals surface area contributed by atoms with E-state index in [1.54, 1.807) is 0 Å². The number of rotatable bonds is 10. The maximum Gasteiger partial charge on any atom is 0.147 e. The fraction of sp³-hybridized carbons (Fsp3) is 0.357. The Bertz CT molecular complexity index is 1000. The van der Waals surface area contributed by atoms with E-state index in [2.05, 4.69) is 79.6 Å². The third kappa shape index (κ3) is 15.0. The van der Waals surface area contributed by atoms with Crippen LogP contribution in [0.4, 0.5) is 0 Å². The number of halogens is 5. The van der Waals surface area contributed by atoms with Gasteiger partial charge in [-0.15, -0.1) is 0 Å². The van der Waals surface area contributed by atoms with Crippen molar-refractivity contribution >= 4 is 79.6 Å². The second kappa shape index (κ2) is 20.3. The average molecular weight is 836 g/mol. The van der Waals surface area contributed by atoms with Crippen LogP contribution in [0.25, 0.3) is 0 Å². The normalized spacial score (nSPS) is 10.1. The number of alkyl halides is 1. The summed E-state index contributed by atoms with van der Waals surface area (Å²) in [6.07, 6.45) is 1.95. The molecule has 9 heteroatoms. The van der Waals surface area contributed by atoms with Crippen LogP contribution in [0.1, 0.15) is 32.3 Å². The molecular weight excluding hydrogens is 800 g/mol. The Morgan fingerprint density at radius 2 is 1.24 bits per heavy atom. The molecule has 3 aromatic rings. The molecule has 0 atom stereocenters. The summed E-state index contributed by atoms with van der Waals surface area (Å²) in [5, 5.41) is 10.3. The van der Waals surface area contributed by atoms with E-state index in [1.165, 1.54) is 5.56 Å². The summed E-state index contributed by atoms with van der Waals surface area (Å²) in [6.45, 7) is 9.02.